The van der Waals surface area contributed by atoms with Crippen LogP contribution in [0.1, 0.15) is 48.2 Å². The van der Waals surface area contributed by atoms with Gasteiger partial charge < -0.3 is 29.5 Å². The Labute approximate surface area is 302 Å². The van der Waals surface area contributed by atoms with Gasteiger partial charge in [-0.25, -0.2) is 4.79 Å². The fourth-order valence-electron chi connectivity index (χ4n) is 6.20. The van der Waals surface area contributed by atoms with Gasteiger partial charge in [-0.3, -0.25) is 4.90 Å². The number of hydrogen-bond acceptors (Lipinski definition) is 8. The van der Waals surface area contributed by atoms with Gasteiger partial charge in [0, 0.05) is 54.6 Å². The Kier molecular flexibility index (Phi) is 14.4. The smallest absolute Gasteiger partial charge is 0.416 e. The lowest BCUT2D eigenvalue weighted by atomic mass is 9.92. The first kappa shape index (κ1) is 40.6. The number of carboxylic acid groups (broad SMARTS) is 1. The number of hydrogen-bond donors (Lipinski definition) is 2. The van der Waals surface area contributed by atoms with E-state index in [0.29, 0.717) is 24.5 Å². The van der Waals surface area contributed by atoms with Crippen LogP contribution < -0.4 is 14.4 Å². The van der Waals surface area contributed by atoms with E-state index >= 15 is 0 Å². The molecular formula is C35H44Cl2F3N3O5S. The highest BCUT2D eigenvalue weighted by atomic mass is 35.5. The SMILES string of the molecule is COc1c(C(=O)O)ccc2c1CCC(C)(C)O2.Cl.Cl.OCCN1CCN(CCCN2c3ccccc3Sc3ccc(C(F)(F)F)cc32)CC1. The Hall–Kier alpha value is -2.87. The molecule has 0 aromatic heterocycles. The molecule has 3 heterocycles. The average Bonchev–Trinajstić information content (AvgIpc) is 3.03. The zero-order valence-electron chi connectivity index (χ0n) is 27.8. The number of aliphatic hydroxyl groups is 1. The molecule has 270 valence electrons. The third-order valence-electron chi connectivity index (χ3n) is 8.71. The molecule has 0 bridgehead atoms. The lowest BCUT2D eigenvalue weighted by molar-refractivity contribution is -0.137. The lowest BCUT2D eigenvalue weighted by Crippen LogP contribution is -2.47. The number of fused-ring (bicyclic) bond motifs is 3. The van der Waals surface area contributed by atoms with Crippen LogP contribution >= 0.6 is 36.6 Å². The molecule has 0 atom stereocenters. The number of nitrogens with zero attached hydrogens (tertiary/aromatic N) is 3. The highest BCUT2D eigenvalue weighted by Gasteiger charge is 2.34. The van der Waals surface area contributed by atoms with E-state index in [1.54, 1.807) is 12.1 Å². The third-order valence-corrected chi connectivity index (χ3v) is 9.84. The van der Waals surface area contributed by atoms with Crippen molar-refractivity contribution in [1.29, 1.82) is 0 Å². The zero-order chi connectivity index (χ0) is 33.8. The number of para-hydroxylation sites is 1. The molecule has 6 rings (SSSR count). The Morgan fingerprint density at radius 1 is 0.939 bits per heavy atom. The Balaban J connectivity index is 0.000000293. The van der Waals surface area contributed by atoms with E-state index in [2.05, 4.69) is 9.80 Å². The van der Waals surface area contributed by atoms with Crippen LogP contribution in [0.25, 0.3) is 0 Å². The van der Waals surface area contributed by atoms with Crippen molar-refractivity contribution in [3.05, 3.63) is 71.3 Å². The van der Waals surface area contributed by atoms with Gasteiger partial charge in [-0.2, -0.15) is 13.2 Å². The number of carboxylic acids is 1. The number of aliphatic hydroxyl groups excluding tert-OH is 1. The second-order valence-corrected chi connectivity index (χ2v) is 13.5. The lowest BCUT2D eigenvalue weighted by Gasteiger charge is -2.36. The molecule has 3 aromatic carbocycles. The monoisotopic (exact) mass is 745 g/mol. The van der Waals surface area contributed by atoms with Crippen molar-refractivity contribution in [2.45, 2.75) is 54.7 Å². The molecule has 1 saturated heterocycles. The number of methoxy groups -OCH3 is 1. The molecule has 0 unspecified atom stereocenters. The number of β-amino-alcohol motifs (C(OH)–C–C–N with tert-alkyl or cyclic N) is 1. The van der Waals surface area contributed by atoms with Crippen molar-refractivity contribution in [2.75, 3.05) is 64.4 Å². The normalized spacial score (nSPS) is 16.7. The molecule has 14 heteroatoms. The van der Waals surface area contributed by atoms with Gasteiger partial charge in [-0.15, -0.1) is 24.8 Å². The quantitative estimate of drug-likeness (QED) is 0.242. The Morgan fingerprint density at radius 2 is 1.59 bits per heavy atom. The summed E-state index contributed by atoms with van der Waals surface area (Å²) in [4.78, 5) is 19.7. The van der Waals surface area contributed by atoms with Crippen LogP contribution in [-0.2, 0) is 12.6 Å². The van der Waals surface area contributed by atoms with Crippen LogP contribution in [0.2, 0.25) is 0 Å². The third kappa shape index (κ3) is 9.89. The van der Waals surface area contributed by atoms with Crippen LogP contribution in [0.4, 0.5) is 24.5 Å². The molecule has 3 aliphatic rings. The summed E-state index contributed by atoms with van der Waals surface area (Å²) >= 11 is 1.53. The molecular weight excluding hydrogens is 702 g/mol. The number of rotatable bonds is 8. The predicted octanol–water partition coefficient (Wildman–Crippen LogP) is 7.65. The highest BCUT2D eigenvalue weighted by Crippen LogP contribution is 2.49. The topological polar surface area (TPSA) is 85.7 Å². The van der Waals surface area contributed by atoms with Gasteiger partial charge in [0.2, 0.25) is 0 Å². The van der Waals surface area contributed by atoms with Gasteiger partial charge in [-0.1, -0.05) is 23.9 Å². The molecule has 0 amide bonds. The molecule has 0 aliphatic carbocycles. The summed E-state index contributed by atoms with van der Waals surface area (Å²) in [5.74, 6) is 0.170. The van der Waals surface area contributed by atoms with E-state index in [0.717, 1.165) is 78.8 Å². The van der Waals surface area contributed by atoms with Gasteiger partial charge in [0.25, 0.3) is 0 Å². The Bertz CT molecular complexity index is 1570. The fraction of sp³-hybridized carbons (Fsp3) is 0.457. The first-order valence-electron chi connectivity index (χ1n) is 15.8. The van der Waals surface area contributed by atoms with Crippen molar-refractivity contribution in [3.8, 4) is 11.5 Å². The van der Waals surface area contributed by atoms with Gasteiger partial charge in [0.1, 0.15) is 22.7 Å². The fourth-order valence-corrected chi connectivity index (χ4v) is 7.27. The summed E-state index contributed by atoms with van der Waals surface area (Å²) < 4.78 is 51.0. The van der Waals surface area contributed by atoms with Gasteiger partial charge in [0.05, 0.1) is 30.7 Å². The van der Waals surface area contributed by atoms with Crippen LogP contribution in [0, 0.1) is 0 Å². The summed E-state index contributed by atoms with van der Waals surface area (Å²) in [5.41, 5.74) is 1.85. The first-order chi connectivity index (χ1) is 22.4. The van der Waals surface area contributed by atoms with E-state index in [9.17, 15) is 18.0 Å². The largest absolute Gasteiger partial charge is 0.495 e. The number of ether oxygens (including phenoxy) is 2. The molecule has 0 saturated carbocycles. The second-order valence-electron chi connectivity index (χ2n) is 12.5. The van der Waals surface area contributed by atoms with Crippen LogP contribution in [0.5, 0.6) is 11.5 Å². The number of anilines is 2. The minimum Gasteiger partial charge on any atom is -0.495 e. The number of halogens is 5. The van der Waals surface area contributed by atoms with Gasteiger partial charge >= 0.3 is 12.1 Å². The van der Waals surface area contributed by atoms with Gasteiger partial charge in [-0.05, 0) is 82.1 Å². The maximum atomic E-state index is 13.3. The average molecular weight is 747 g/mol. The number of carbonyl (C=O) groups is 1. The molecule has 8 nitrogen and oxygen atoms in total. The van der Waals surface area contributed by atoms with E-state index in [1.165, 1.54) is 37.1 Å². The van der Waals surface area contributed by atoms with Crippen molar-refractivity contribution in [3.63, 3.8) is 0 Å². The van der Waals surface area contributed by atoms with E-state index in [-0.39, 0.29) is 42.6 Å². The summed E-state index contributed by atoms with van der Waals surface area (Å²) in [7, 11) is 1.49. The number of piperazine rings is 1. The number of benzene rings is 3. The van der Waals surface area contributed by atoms with Crippen molar-refractivity contribution < 1.29 is 37.7 Å². The molecule has 3 aliphatic heterocycles. The van der Waals surface area contributed by atoms with Crippen molar-refractivity contribution in [1.82, 2.24) is 9.80 Å². The van der Waals surface area contributed by atoms with Crippen molar-refractivity contribution in [2.24, 2.45) is 0 Å². The molecule has 1 fully saturated rings. The Morgan fingerprint density at radius 3 is 2.22 bits per heavy atom. The van der Waals surface area contributed by atoms with Crippen LogP contribution in [0.3, 0.4) is 0 Å². The summed E-state index contributed by atoms with van der Waals surface area (Å²) in [5, 5.41) is 18.1. The summed E-state index contributed by atoms with van der Waals surface area (Å²) in [6, 6.07) is 15.2. The molecule has 0 radical (unpaired) electrons. The number of aromatic carboxylic acids is 1. The minimum atomic E-state index is -4.35. The standard InChI is InChI=1S/C22H26F3N3OS.C13H16O4.2ClH/c23-22(24,25)17-6-7-21-19(16-17)28(18-4-1-2-5-20(18)30-21)9-3-8-26-10-12-27(13-11-26)14-15-29;1-13(2)7-6-8-10(17-13)5-4-9(12(14)15)11(8)16-3;;/h1-2,4-7,16,29H,3,8-15H2;4-5H,6-7H2,1-3H3,(H,14,15);2*1H. The van der Waals surface area contributed by atoms with Crippen LogP contribution in [0.15, 0.2) is 64.4 Å². The van der Waals surface area contributed by atoms with E-state index in [4.69, 9.17) is 19.7 Å². The van der Waals surface area contributed by atoms with E-state index < -0.39 is 17.7 Å². The minimum absolute atomic E-state index is 0. The van der Waals surface area contributed by atoms with E-state index in [1.807, 2.05) is 43.0 Å². The summed E-state index contributed by atoms with van der Waals surface area (Å²) in [6.07, 6.45) is -1.86. The second kappa shape index (κ2) is 17.4. The van der Waals surface area contributed by atoms with Crippen molar-refractivity contribution >= 4 is 53.9 Å². The predicted molar refractivity (Wildman–Crippen MR) is 191 cm³/mol. The maximum Gasteiger partial charge on any atom is 0.416 e. The maximum absolute atomic E-state index is 13.3. The first-order valence-corrected chi connectivity index (χ1v) is 16.7. The molecule has 3 aromatic rings. The molecule has 49 heavy (non-hydrogen) atoms. The molecule has 0 spiro atoms. The summed E-state index contributed by atoms with van der Waals surface area (Å²) in [6.45, 7) is 10.3. The highest BCUT2D eigenvalue weighted by molar-refractivity contribution is 7.99. The molecule has 2 N–H and O–H groups in total. The van der Waals surface area contributed by atoms with Crippen LogP contribution in [-0.4, -0.2) is 91.1 Å². The van der Waals surface area contributed by atoms with Gasteiger partial charge in [0.15, 0.2) is 0 Å². The number of alkyl halides is 3. The zero-order valence-corrected chi connectivity index (χ0v) is 30.2.